The number of carbonyl (C=O) groups excluding carboxylic acids is 1. The van der Waals surface area contributed by atoms with Gasteiger partial charge in [0.2, 0.25) is 0 Å². The minimum absolute atomic E-state index is 0.00856. The number of sulfone groups is 1. The summed E-state index contributed by atoms with van der Waals surface area (Å²) in [7, 11) is -3.01. The van der Waals surface area contributed by atoms with Crippen molar-refractivity contribution in [2.45, 2.75) is 6.92 Å². The summed E-state index contributed by atoms with van der Waals surface area (Å²) in [6, 6.07) is 4.87. The highest BCUT2D eigenvalue weighted by molar-refractivity contribution is 9.10. The number of carbonyl (C=O) groups is 1. The molecule has 0 unspecified atom stereocenters. The Kier molecular flexibility index (Phi) is 5.14. The molecule has 0 bridgehead atoms. The highest BCUT2D eigenvalue weighted by Gasteiger charge is 2.08. The van der Waals surface area contributed by atoms with E-state index < -0.39 is 9.84 Å². The third-order valence-corrected chi connectivity index (χ3v) is 4.47. The minimum atomic E-state index is -3.01. The van der Waals surface area contributed by atoms with E-state index in [2.05, 4.69) is 15.9 Å². The molecule has 0 aromatic heterocycles. The summed E-state index contributed by atoms with van der Waals surface area (Å²) in [5.41, 5.74) is 0.533. The van der Waals surface area contributed by atoms with Gasteiger partial charge in [-0.3, -0.25) is 4.79 Å². The van der Waals surface area contributed by atoms with Crippen LogP contribution >= 0.6 is 15.9 Å². The van der Waals surface area contributed by atoms with Crippen molar-refractivity contribution in [3.05, 3.63) is 28.2 Å². The second-order valence-corrected chi connectivity index (χ2v) is 6.72. The van der Waals surface area contributed by atoms with Gasteiger partial charge < -0.3 is 4.74 Å². The van der Waals surface area contributed by atoms with E-state index in [1.807, 2.05) is 0 Å². The minimum Gasteiger partial charge on any atom is -0.491 e. The van der Waals surface area contributed by atoms with Crippen LogP contribution in [0.1, 0.15) is 17.3 Å². The van der Waals surface area contributed by atoms with Crippen LogP contribution in [0.5, 0.6) is 5.75 Å². The fraction of sp³-hybridized carbons (Fsp3) is 0.364. The third-order valence-electron chi connectivity index (χ3n) is 2.18. The van der Waals surface area contributed by atoms with Gasteiger partial charge in [-0.15, -0.1) is 0 Å². The predicted molar refractivity (Wildman–Crippen MR) is 69.4 cm³/mol. The summed E-state index contributed by atoms with van der Waals surface area (Å²) < 4.78 is 28.4. The van der Waals surface area contributed by atoms with Gasteiger partial charge in [-0.1, -0.05) is 6.92 Å². The van der Waals surface area contributed by atoms with E-state index >= 15 is 0 Å². The van der Waals surface area contributed by atoms with E-state index in [4.69, 9.17) is 4.74 Å². The lowest BCUT2D eigenvalue weighted by Gasteiger charge is -2.08. The van der Waals surface area contributed by atoms with E-state index in [0.717, 1.165) is 6.29 Å². The number of ether oxygens (including phenoxy) is 1. The number of benzene rings is 1. The fourth-order valence-electron chi connectivity index (χ4n) is 1.13. The lowest BCUT2D eigenvalue weighted by atomic mass is 10.2. The molecule has 17 heavy (non-hydrogen) atoms. The van der Waals surface area contributed by atoms with Gasteiger partial charge in [0.15, 0.2) is 9.84 Å². The summed E-state index contributed by atoms with van der Waals surface area (Å²) in [5.74, 6) is 0.634. The third kappa shape index (κ3) is 4.47. The smallest absolute Gasteiger partial charge is 0.153 e. The first-order valence-corrected chi connectivity index (χ1v) is 7.68. The van der Waals surface area contributed by atoms with E-state index in [1.165, 1.54) is 0 Å². The molecule has 4 nitrogen and oxygen atoms in total. The zero-order valence-electron chi connectivity index (χ0n) is 9.35. The van der Waals surface area contributed by atoms with Gasteiger partial charge in [-0.2, -0.15) is 0 Å². The van der Waals surface area contributed by atoms with Crippen LogP contribution in [0.3, 0.4) is 0 Å². The highest BCUT2D eigenvalue weighted by atomic mass is 79.9. The monoisotopic (exact) mass is 320 g/mol. The molecule has 0 saturated carbocycles. The van der Waals surface area contributed by atoms with Gasteiger partial charge >= 0.3 is 0 Å². The molecule has 0 heterocycles. The molecule has 1 aromatic carbocycles. The molecule has 0 aliphatic carbocycles. The van der Waals surface area contributed by atoms with Crippen LogP contribution < -0.4 is 4.74 Å². The Morgan fingerprint density at radius 3 is 2.65 bits per heavy atom. The first-order valence-electron chi connectivity index (χ1n) is 5.06. The van der Waals surface area contributed by atoms with Crippen molar-refractivity contribution < 1.29 is 17.9 Å². The number of rotatable bonds is 6. The van der Waals surface area contributed by atoms with Crippen molar-refractivity contribution >= 4 is 32.1 Å². The molecular weight excluding hydrogens is 308 g/mol. The van der Waals surface area contributed by atoms with E-state index in [1.54, 1.807) is 25.1 Å². The molecule has 0 radical (unpaired) electrons. The van der Waals surface area contributed by atoms with Crippen LogP contribution in [-0.2, 0) is 9.84 Å². The molecule has 0 fully saturated rings. The molecule has 0 atom stereocenters. The molecule has 0 spiro atoms. The lowest BCUT2D eigenvalue weighted by Crippen LogP contribution is -2.15. The summed E-state index contributed by atoms with van der Waals surface area (Å²) >= 11 is 3.25. The first-order chi connectivity index (χ1) is 7.98. The molecule has 0 N–H and O–H groups in total. The molecule has 1 rings (SSSR count). The molecule has 6 heteroatoms. The standard InChI is InChI=1S/C11H13BrO4S/c1-2-17(14,15)6-5-16-11-4-3-9(8-13)7-10(11)12/h3-4,7-8H,2,5-6H2,1H3. The first kappa shape index (κ1) is 14.2. The number of hydrogen-bond donors (Lipinski definition) is 0. The van der Waals surface area contributed by atoms with Crippen LogP contribution in [0.4, 0.5) is 0 Å². The van der Waals surface area contributed by atoms with Crippen molar-refractivity contribution in [3.8, 4) is 5.75 Å². The van der Waals surface area contributed by atoms with Crippen molar-refractivity contribution in [2.75, 3.05) is 18.1 Å². The zero-order valence-corrected chi connectivity index (χ0v) is 11.8. The number of hydrogen-bond acceptors (Lipinski definition) is 4. The van der Waals surface area contributed by atoms with Crippen molar-refractivity contribution in [3.63, 3.8) is 0 Å². The molecule has 94 valence electrons. The van der Waals surface area contributed by atoms with Gasteiger partial charge in [-0.05, 0) is 34.1 Å². The van der Waals surface area contributed by atoms with Gasteiger partial charge in [0.1, 0.15) is 18.6 Å². The average molecular weight is 321 g/mol. The predicted octanol–water partition coefficient (Wildman–Crippen LogP) is 2.08. The zero-order chi connectivity index (χ0) is 12.9. The molecule has 0 saturated heterocycles. The quantitative estimate of drug-likeness (QED) is 0.753. The second kappa shape index (κ2) is 6.16. The average Bonchev–Trinajstić information content (AvgIpc) is 2.31. The Balaban J connectivity index is 2.61. The SMILES string of the molecule is CCS(=O)(=O)CCOc1ccc(C=O)cc1Br. The summed E-state index contributed by atoms with van der Waals surface area (Å²) in [6.07, 6.45) is 0.732. The largest absolute Gasteiger partial charge is 0.491 e. The Hall–Kier alpha value is -0.880. The summed E-state index contributed by atoms with van der Waals surface area (Å²) in [5, 5.41) is 0. The molecule has 1 aromatic rings. The van der Waals surface area contributed by atoms with Crippen LogP contribution in [-0.4, -0.2) is 32.8 Å². The van der Waals surface area contributed by atoms with Crippen molar-refractivity contribution in [1.29, 1.82) is 0 Å². The van der Waals surface area contributed by atoms with Gasteiger partial charge in [0.05, 0.1) is 10.2 Å². The normalized spacial score (nSPS) is 11.2. The molecule has 0 aliphatic heterocycles. The van der Waals surface area contributed by atoms with Gasteiger partial charge in [-0.25, -0.2) is 8.42 Å². The second-order valence-electron chi connectivity index (χ2n) is 3.39. The maximum Gasteiger partial charge on any atom is 0.153 e. The van der Waals surface area contributed by atoms with E-state index in [0.29, 0.717) is 15.8 Å². The van der Waals surface area contributed by atoms with Crippen LogP contribution in [0.25, 0.3) is 0 Å². The Morgan fingerprint density at radius 1 is 1.41 bits per heavy atom. The summed E-state index contributed by atoms with van der Waals surface area (Å²) in [4.78, 5) is 10.5. The number of halogens is 1. The maximum absolute atomic E-state index is 11.2. The molecular formula is C11H13BrO4S. The van der Waals surface area contributed by atoms with Crippen LogP contribution in [0.2, 0.25) is 0 Å². The summed E-state index contributed by atoms with van der Waals surface area (Å²) in [6.45, 7) is 1.71. The topological polar surface area (TPSA) is 60.4 Å². The van der Waals surface area contributed by atoms with Crippen molar-refractivity contribution in [2.24, 2.45) is 0 Å². The van der Waals surface area contributed by atoms with Gasteiger partial charge in [0.25, 0.3) is 0 Å². The maximum atomic E-state index is 11.2. The van der Waals surface area contributed by atoms with Crippen LogP contribution in [0.15, 0.2) is 22.7 Å². The molecule has 0 amide bonds. The fourth-order valence-corrected chi connectivity index (χ4v) is 2.27. The van der Waals surface area contributed by atoms with E-state index in [9.17, 15) is 13.2 Å². The number of aldehydes is 1. The highest BCUT2D eigenvalue weighted by Crippen LogP contribution is 2.25. The van der Waals surface area contributed by atoms with E-state index in [-0.39, 0.29) is 18.1 Å². The Morgan fingerprint density at radius 2 is 2.12 bits per heavy atom. The Labute approximate surface area is 109 Å². The van der Waals surface area contributed by atoms with Gasteiger partial charge in [0, 0.05) is 11.3 Å². The lowest BCUT2D eigenvalue weighted by molar-refractivity contribution is 0.112. The molecule has 0 aliphatic rings. The Bertz CT molecular complexity index is 496. The van der Waals surface area contributed by atoms with Crippen LogP contribution in [0, 0.1) is 0 Å². The van der Waals surface area contributed by atoms with Crippen molar-refractivity contribution in [1.82, 2.24) is 0 Å².